The summed E-state index contributed by atoms with van der Waals surface area (Å²) in [6.45, 7) is 6.24. The highest BCUT2D eigenvalue weighted by Gasteiger charge is 2.44. The summed E-state index contributed by atoms with van der Waals surface area (Å²) in [5.41, 5.74) is 5.00. The average molecular weight is 354 g/mol. The Morgan fingerprint density at radius 3 is 2.73 bits per heavy atom. The Hall–Kier alpha value is -2.50. The molecule has 1 saturated carbocycles. The molecular formula is C20H20F2N4. The molecule has 2 unspecified atom stereocenters. The van der Waals surface area contributed by atoms with Crippen molar-refractivity contribution in [3.63, 3.8) is 0 Å². The van der Waals surface area contributed by atoms with Crippen molar-refractivity contribution in [3.05, 3.63) is 58.6 Å². The molecule has 134 valence electrons. The van der Waals surface area contributed by atoms with Gasteiger partial charge < -0.3 is 8.97 Å². The molecule has 1 aliphatic heterocycles. The van der Waals surface area contributed by atoms with Gasteiger partial charge in [0.25, 0.3) is 0 Å². The van der Waals surface area contributed by atoms with E-state index in [1.54, 1.807) is 20.0 Å². The zero-order valence-corrected chi connectivity index (χ0v) is 15.1. The molecule has 5 rings (SSSR count). The second kappa shape index (κ2) is 5.25. The average Bonchev–Trinajstić information content (AvgIpc) is 3.17. The molecule has 3 aromatic rings. The first-order valence-corrected chi connectivity index (χ1v) is 9.02. The lowest BCUT2D eigenvalue weighted by Gasteiger charge is -2.13. The first kappa shape index (κ1) is 15.7. The van der Waals surface area contributed by atoms with Crippen LogP contribution >= 0.6 is 0 Å². The highest BCUT2D eigenvalue weighted by atomic mass is 19.1. The van der Waals surface area contributed by atoms with Crippen LogP contribution in [0.5, 0.6) is 0 Å². The lowest BCUT2D eigenvalue weighted by molar-refractivity contribution is 0.530. The van der Waals surface area contributed by atoms with Crippen LogP contribution in [0.1, 0.15) is 60.1 Å². The van der Waals surface area contributed by atoms with Crippen LogP contribution in [0, 0.1) is 19.7 Å². The fourth-order valence-corrected chi connectivity index (χ4v) is 4.14. The minimum atomic E-state index is -0.229. The van der Waals surface area contributed by atoms with Gasteiger partial charge >= 0.3 is 0 Å². The van der Waals surface area contributed by atoms with E-state index in [4.69, 9.17) is 9.97 Å². The number of hydrogen-bond acceptors (Lipinski definition) is 2. The van der Waals surface area contributed by atoms with Crippen LogP contribution in [0.25, 0.3) is 11.2 Å². The van der Waals surface area contributed by atoms with E-state index in [0.717, 1.165) is 29.3 Å². The van der Waals surface area contributed by atoms with Gasteiger partial charge in [-0.05, 0) is 33.3 Å². The maximum atomic E-state index is 13.8. The van der Waals surface area contributed by atoms with Crippen molar-refractivity contribution in [2.24, 2.45) is 0 Å². The summed E-state index contributed by atoms with van der Waals surface area (Å²) in [5.74, 6) is 1.06. The van der Waals surface area contributed by atoms with E-state index >= 15 is 0 Å². The van der Waals surface area contributed by atoms with Crippen LogP contribution in [0.15, 0.2) is 24.3 Å². The van der Waals surface area contributed by atoms with E-state index in [-0.39, 0.29) is 11.6 Å². The summed E-state index contributed by atoms with van der Waals surface area (Å²) in [4.78, 5) is 9.44. The molecule has 26 heavy (non-hydrogen) atoms. The Kier molecular flexibility index (Phi) is 3.18. The van der Waals surface area contributed by atoms with Crippen molar-refractivity contribution in [3.8, 4) is 0 Å². The molecule has 1 fully saturated rings. The first-order valence-electron chi connectivity index (χ1n) is 9.02. The van der Waals surface area contributed by atoms with E-state index in [0.29, 0.717) is 41.6 Å². The Morgan fingerprint density at radius 2 is 1.92 bits per heavy atom. The molecule has 3 aromatic heterocycles. The van der Waals surface area contributed by atoms with Gasteiger partial charge in [0.2, 0.25) is 0 Å². The number of halogens is 2. The van der Waals surface area contributed by atoms with Crippen LogP contribution in [0.4, 0.5) is 8.78 Å². The molecule has 0 spiro atoms. The van der Waals surface area contributed by atoms with Gasteiger partial charge in [-0.3, -0.25) is 0 Å². The van der Waals surface area contributed by atoms with Crippen LogP contribution in [-0.2, 0) is 6.54 Å². The van der Waals surface area contributed by atoms with E-state index in [1.807, 2.05) is 11.3 Å². The summed E-state index contributed by atoms with van der Waals surface area (Å²) >= 11 is 0. The Morgan fingerprint density at radius 1 is 1.12 bits per heavy atom. The quantitative estimate of drug-likeness (QED) is 0.671. The standard InChI is InChI=1S/C20H20F2N4/c1-10-15(21)4-6-25-9-17(23-19(10)25)13-8-14(13)18-12(3)26-7-5-16(22)11(2)20(26)24-18/h5,7,9,13-14H,4,6,8H2,1-3H3. The topological polar surface area (TPSA) is 35.1 Å². The van der Waals surface area contributed by atoms with Crippen molar-refractivity contribution >= 4 is 11.2 Å². The molecule has 0 bridgehead atoms. The minimum Gasteiger partial charge on any atom is -0.330 e. The maximum Gasteiger partial charge on any atom is 0.143 e. The molecule has 6 heteroatoms. The van der Waals surface area contributed by atoms with Crippen molar-refractivity contribution in [2.45, 2.75) is 52.0 Å². The molecule has 4 heterocycles. The maximum absolute atomic E-state index is 13.8. The number of imidazole rings is 2. The van der Waals surface area contributed by atoms with Crippen LogP contribution < -0.4 is 0 Å². The van der Waals surface area contributed by atoms with Gasteiger partial charge in [0.05, 0.1) is 11.4 Å². The number of aromatic nitrogens is 4. The molecule has 4 nitrogen and oxygen atoms in total. The number of rotatable bonds is 2. The highest BCUT2D eigenvalue weighted by molar-refractivity contribution is 5.62. The summed E-state index contributed by atoms with van der Waals surface area (Å²) in [7, 11) is 0. The highest BCUT2D eigenvalue weighted by Crippen LogP contribution is 2.55. The number of pyridine rings is 1. The third-order valence-corrected chi connectivity index (χ3v) is 5.88. The summed E-state index contributed by atoms with van der Waals surface area (Å²) < 4.78 is 31.7. The molecule has 0 saturated heterocycles. The SMILES string of the molecule is CC1=C(F)CCn2cc(C3CC3c3nc4c(C)c(F)ccn4c3C)nc21. The predicted octanol–water partition coefficient (Wildman–Crippen LogP) is 4.66. The zero-order valence-electron chi connectivity index (χ0n) is 15.1. The zero-order chi connectivity index (χ0) is 18.2. The van der Waals surface area contributed by atoms with Crippen LogP contribution in [-0.4, -0.2) is 18.9 Å². The summed E-state index contributed by atoms with van der Waals surface area (Å²) in [6.07, 6.45) is 5.23. The smallest absolute Gasteiger partial charge is 0.143 e. The molecule has 0 N–H and O–H groups in total. The number of nitrogens with zero attached hydrogens (tertiary/aromatic N) is 4. The second-order valence-electron chi connectivity index (χ2n) is 7.48. The van der Waals surface area contributed by atoms with Gasteiger partial charge in [-0.25, -0.2) is 18.7 Å². The second-order valence-corrected chi connectivity index (χ2v) is 7.48. The fraction of sp³-hybridized carbons (Fsp3) is 0.400. The van der Waals surface area contributed by atoms with E-state index in [2.05, 4.69) is 10.8 Å². The Labute approximate surface area is 150 Å². The Balaban J connectivity index is 1.50. The van der Waals surface area contributed by atoms with Gasteiger partial charge in [0, 0.05) is 54.0 Å². The number of hydrogen-bond donors (Lipinski definition) is 0. The largest absolute Gasteiger partial charge is 0.330 e. The normalized spacial score (nSPS) is 22.2. The third-order valence-electron chi connectivity index (χ3n) is 5.88. The molecule has 0 amide bonds. The van der Waals surface area contributed by atoms with E-state index in [9.17, 15) is 8.78 Å². The molecule has 2 aliphatic rings. The Bertz CT molecular complexity index is 1090. The fourth-order valence-electron chi connectivity index (χ4n) is 4.14. The molecular weight excluding hydrogens is 334 g/mol. The monoisotopic (exact) mass is 354 g/mol. The number of fused-ring (bicyclic) bond motifs is 2. The van der Waals surface area contributed by atoms with Crippen LogP contribution in [0.2, 0.25) is 0 Å². The minimum absolute atomic E-state index is 0.0595. The van der Waals surface area contributed by atoms with Crippen molar-refractivity contribution in [1.29, 1.82) is 0 Å². The van der Waals surface area contributed by atoms with Gasteiger partial charge in [0.1, 0.15) is 23.1 Å². The molecule has 2 atom stereocenters. The first-order chi connectivity index (χ1) is 12.5. The molecule has 0 radical (unpaired) electrons. The third kappa shape index (κ3) is 2.11. The van der Waals surface area contributed by atoms with Crippen LogP contribution in [0.3, 0.4) is 0 Å². The van der Waals surface area contributed by atoms with E-state index < -0.39 is 0 Å². The van der Waals surface area contributed by atoms with Crippen molar-refractivity contribution in [1.82, 2.24) is 18.9 Å². The molecule has 0 aromatic carbocycles. The molecule has 1 aliphatic carbocycles. The number of aryl methyl sites for hydroxylation is 3. The van der Waals surface area contributed by atoms with Crippen molar-refractivity contribution < 1.29 is 8.78 Å². The lowest BCUT2D eigenvalue weighted by atomic mass is 10.1. The lowest BCUT2D eigenvalue weighted by Crippen LogP contribution is -2.08. The number of allylic oxidation sites excluding steroid dienone is 2. The van der Waals surface area contributed by atoms with Gasteiger partial charge in [-0.15, -0.1) is 0 Å². The van der Waals surface area contributed by atoms with Crippen molar-refractivity contribution in [2.75, 3.05) is 0 Å². The van der Waals surface area contributed by atoms with Gasteiger partial charge in [-0.2, -0.15) is 0 Å². The summed E-state index contributed by atoms with van der Waals surface area (Å²) in [6, 6.07) is 1.48. The van der Waals surface area contributed by atoms with Gasteiger partial charge in [0.15, 0.2) is 0 Å². The van der Waals surface area contributed by atoms with E-state index in [1.165, 1.54) is 6.07 Å². The van der Waals surface area contributed by atoms with Gasteiger partial charge in [-0.1, -0.05) is 0 Å². The predicted molar refractivity (Wildman–Crippen MR) is 95.3 cm³/mol. The summed E-state index contributed by atoms with van der Waals surface area (Å²) in [5, 5.41) is 0.